The van der Waals surface area contributed by atoms with Crippen LogP contribution in [0, 0.1) is 0 Å². The van der Waals surface area contributed by atoms with Crippen molar-refractivity contribution in [2.45, 2.75) is 19.9 Å². The number of fused-ring (bicyclic) bond motifs is 1. The van der Waals surface area contributed by atoms with Crippen molar-refractivity contribution in [2.75, 3.05) is 27.2 Å². The van der Waals surface area contributed by atoms with Crippen LogP contribution in [-0.2, 0) is 16.1 Å². The van der Waals surface area contributed by atoms with Gasteiger partial charge >= 0.3 is 5.97 Å². The van der Waals surface area contributed by atoms with Gasteiger partial charge in [-0.05, 0) is 49.8 Å². The molecule has 3 aromatic carbocycles. The van der Waals surface area contributed by atoms with E-state index in [2.05, 4.69) is 22.2 Å². The summed E-state index contributed by atoms with van der Waals surface area (Å²) in [7, 11) is 3.39. The molecule has 8 heteroatoms. The van der Waals surface area contributed by atoms with Crippen molar-refractivity contribution in [3.05, 3.63) is 95.1 Å². The van der Waals surface area contributed by atoms with Crippen LogP contribution in [0.15, 0.2) is 77.8 Å². The van der Waals surface area contributed by atoms with Gasteiger partial charge in [-0.1, -0.05) is 48.5 Å². The van der Waals surface area contributed by atoms with E-state index in [0.717, 1.165) is 41.7 Å². The zero-order chi connectivity index (χ0) is 27.1. The van der Waals surface area contributed by atoms with Crippen LogP contribution in [0.1, 0.15) is 40.4 Å². The van der Waals surface area contributed by atoms with Gasteiger partial charge < -0.3 is 25.0 Å². The minimum atomic E-state index is -0.446. The van der Waals surface area contributed by atoms with E-state index >= 15 is 0 Å². The van der Waals surface area contributed by atoms with E-state index in [0.29, 0.717) is 28.9 Å². The Morgan fingerprint density at radius 2 is 1.76 bits per heavy atom. The highest BCUT2D eigenvalue weighted by atomic mass is 16.5. The zero-order valence-electron chi connectivity index (χ0n) is 21.8. The highest BCUT2D eigenvalue weighted by Gasteiger charge is 2.20. The summed E-state index contributed by atoms with van der Waals surface area (Å²) in [5.41, 5.74) is 4.93. The van der Waals surface area contributed by atoms with Crippen LogP contribution in [0.5, 0.6) is 5.88 Å². The molecule has 0 saturated heterocycles. The molecule has 0 spiro atoms. The van der Waals surface area contributed by atoms with Gasteiger partial charge in [0.15, 0.2) is 5.88 Å². The zero-order valence-corrected chi connectivity index (χ0v) is 21.8. The van der Waals surface area contributed by atoms with Gasteiger partial charge in [0.1, 0.15) is 0 Å². The summed E-state index contributed by atoms with van der Waals surface area (Å²) >= 11 is 0. The molecule has 4 aromatic rings. The molecule has 1 amide bonds. The van der Waals surface area contributed by atoms with E-state index in [1.807, 2.05) is 54.6 Å². The van der Waals surface area contributed by atoms with Crippen LogP contribution >= 0.6 is 0 Å². The number of ether oxygens (including phenoxy) is 1. The first-order valence-electron chi connectivity index (χ1n) is 12.4. The molecule has 196 valence electrons. The van der Waals surface area contributed by atoms with Gasteiger partial charge in [0, 0.05) is 36.5 Å². The molecule has 0 aliphatic heterocycles. The van der Waals surface area contributed by atoms with Crippen LogP contribution in [0.2, 0.25) is 0 Å². The molecular formula is C30H32N4O4. The predicted molar refractivity (Wildman–Crippen MR) is 149 cm³/mol. The molecular weight excluding hydrogens is 480 g/mol. The number of carbonyl (C=O) groups excluding carboxylic acids is 2. The lowest BCUT2D eigenvalue weighted by Crippen LogP contribution is -2.26. The van der Waals surface area contributed by atoms with Gasteiger partial charge in [-0.2, -0.15) is 0 Å². The van der Waals surface area contributed by atoms with E-state index in [-0.39, 0.29) is 11.8 Å². The number of hydrogen-bond acceptors (Lipinski definition) is 6. The summed E-state index contributed by atoms with van der Waals surface area (Å²) in [5.74, 6) is -0.481. The summed E-state index contributed by atoms with van der Waals surface area (Å²) < 4.78 is 4.83. The molecule has 4 rings (SSSR count). The number of methoxy groups -OCH3 is 1. The fourth-order valence-corrected chi connectivity index (χ4v) is 4.34. The van der Waals surface area contributed by atoms with E-state index in [9.17, 15) is 14.7 Å². The van der Waals surface area contributed by atoms with E-state index in [1.165, 1.54) is 14.0 Å². The van der Waals surface area contributed by atoms with E-state index in [4.69, 9.17) is 9.73 Å². The Morgan fingerprint density at radius 3 is 2.45 bits per heavy atom. The van der Waals surface area contributed by atoms with Gasteiger partial charge in [-0.15, -0.1) is 0 Å². The van der Waals surface area contributed by atoms with Gasteiger partial charge in [-0.3, -0.25) is 4.79 Å². The number of aromatic nitrogens is 1. The average Bonchev–Trinajstić information content (AvgIpc) is 3.25. The molecule has 1 aromatic heterocycles. The third-order valence-electron chi connectivity index (χ3n) is 6.20. The van der Waals surface area contributed by atoms with Crippen LogP contribution in [0.4, 0.5) is 5.69 Å². The summed E-state index contributed by atoms with van der Waals surface area (Å²) in [4.78, 5) is 33.1. The van der Waals surface area contributed by atoms with Gasteiger partial charge in [0.05, 0.1) is 29.6 Å². The second-order valence-corrected chi connectivity index (χ2v) is 9.17. The average molecular weight is 513 g/mol. The molecule has 0 fully saturated rings. The molecule has 1 heterocycles. The fourth-order valence-electron chi connectivity index (χ4n) is 4.34. The number of esters is 1. The largest absolute Gasteiger partial charge is 0.494 e. The normalized spacial score (nSPS) is 11.6. The maximum absolute atomic E-state index is 12.0. The van der Waals surface area contributed by atoms with Crippen molar-refractivity contribution >= 4 is 34.2 Å². The monoisotopic (exact) mass is 512 g/mol. The Hall–Kier alpha value is -4.43. The van der Waals surface area contributed by atoms with Crippen molar-refractivity contribution in [1.82, 2.24) is 15.2 Å². The van der Waals surface area contributed by atoms with Crippen molar-refractivity contribution < 1.29 is 19.4 Å². The summed E-state index contributed by atoms with van der Waals surface area (Å²) in [6.07, 6.45) is 0.883. The number of carbonyl (C=O) groups is 2. The van der Waals surface area contributed by atoms with Gasteiger partial charge in [-0.25, -0.2) is 9.79 Å². The van der Waals surface area contributed by atoms with Crippen LogP contribution < -0.4 is 5.32 Å². The lowest BCUT2D eigenvalue weighted by Gasteiger charge is -2.16. The number of aromatic amines is 1. The highest BCUT2D eigenvalue weighted by molar-refractivity contribution is 6.22. The number of amides is 1. The number of nitrogens with one attached hydrogen (secondary N) is 2. The first kappa shape index (κ1) is 26.6. The highest BCUT2D eigenvalue weighted by Crippen LogP contribution is 2.32. The standard InChI is InChI=1S/C30H32N4O4/c1-20(35)31-16-7-17-34(2)19-21-10-13-24(14-11-21)32-28(22-8-5-4-6-9-22)27-25-15-12-23(30(37)38-3)18-26(25)33-29(27)36/h4-6,8-15,18,33,36H,7,16-17,19H2,1-3H3,(H,31,35). The van der Waals surface area contributed by atoms with Crippen LogP contribution in [0.25, 0.3) is 10.9 Å². The molecule has 0 radical (unpaired) electrons. The number of hydrogen-bond donors (Lipinski definition) is 3. The number of benzene rings is 3. The number of rotatable bonds is 10. The minimum absolute atomic E-state index is 0.00873. The van der Waals surface area contributed by atoms with Gasteiger partial charge in [0.25, 0.3) is 0 Å². The smallest absolute Gasteiger partial charge is 0.337 e. The van der Waals surface area contributed by atoms with Crippen molar-refractivity contribution in [3.63, 3.8) is 0 Å². The van der Waals surface area contributed by atoms with E-state index < -0.39 is 5.97 Å². The third-order valence-corrected chi connectivity index (χ3v) is 6.20. The van der Waals surface area contributed by atoms with Crippen LogP contribution in [0.3, 0.4) is 0 Å². The molecule has 0 unspecified atom stereocenters. The van der Waals surface area contributed by atoms with E-state index in [1.54, 1.807) is 18.2 Å². The Balaban J connectivity index is 1.62. The number of aliphatic imine (C=N–C) groups is 1. The molecule has 38 heavy (non-hydrogen) atoms. The molecule has 0 aliphatic rings. The van der Waals surface area contributed by atoms with Crippen molar-refractivity contribution in [1.29, 1.82) is 0 Å². The lowest BCUT2D eigenvalue weighted by atomic mass is 10.00. The molecule has 0 atom stereocenters. The first-order chi connectivity index (χ1) is 18.4. The number of H-pyrrole nitrogens is 1. The van der Waals surface area contributed by atoms with Crippen LogP contribution in [-0.4, -0.2) is 59.8 Å². The Kier molecular flexibility index (Phi) is 8.55. The topological polar surface area (TPSA) is 107 Å². The van der Waals surface area contributed by atoms with Crippen molar-refractivity contribution in [2.24, 2.45) is 4.99 Å². The first-order valence-corrected chi connectivity index (χ1v) is 12.4. The summed E-state index contributed by atoms with van der Waals surface area (Å²) in [6, 6.07) is 22.8. The Morgan fingerprint density at radius 1 is 1.03 bits per heavy atom. The summed E-state index contributed by atoms with van der Waals surface area (Å²) in [5, 5.41) is 14.5. The second-order valence-electron chi connectivity index (χ2n) is 9.17. The molecule has 0 aliphatic carbocycles. The minimum Gasteiger partial charge on any atom is -0.494 e. The predicted octanol–water partition coefficient (Wildman–Crippen LogP) is 4.79. The Labute approximate surface area is 222 Å². The Bertz CT molecular complexity index is 1440. The van der Waals surface area contributed by atoms with Crippen molar-refractivity contribution in [3.8, 4) is 5.88 Å². The quantitative estimate of drug-likeness (QED) is 0.161. The third kappa shape index (κ3) is 6.46. The van der Waals surface area contributed by atoms with Gasteiger partial charge in [0.2, 0.25) is 5.91 Å². The SMILES string of the molecule is COC(=O)c1ccc2c(C(=Nc3ccc(CN(C)CCCNC(C)=O)cc3)c3ccccc3)c(O)[nH]c2c1. The maximum atomic E-state index is 12.0. The number of aromatic hydroxyl groups is 1. The molecule has 3 N–H and O–H groups in total. The lowest BCUT2D eigenvalue weighted by molar-refractivity contribution is -0.118. The number of nitrogens with zero attached hydrogens (tertiary/aromatic N) is 2. The fraction of sp³-hybridized carbons (Fsp3) is 0.233. The molecule has 0 saturated carbocycles. The molecule has 8 nitrogen and oxygen atoms in total. The molecule has 0 bridgehead atoms. The summed E-state index contributed by atoms with van der Waals surface area (Å²) in [6.45, 7) is 3.84. The maximum Gasteiger partial charge on any atom is 0.337 e. The second kappa shape index (κ2) is 12.2.